The fourth-order valence-corrected chi connectivity index (χ4v) is 4.35. The number of primary amides is 1. The Morgan fingerprint density at radius 1 is 1.39 bits per heavy atom. The molecule has 10 heteroatoms. The van der Waals surface area contributed by atoms with E-state index in [0.717, 1.165) is 6.42 Å². The van der Waals surface area contributed by atoms with E-state index < -0.39 is 39.6 Å². The zero-order chi connectivity index (χ0) is 20.9. The van der Waals surface area contributed by atoms with Gasteiger partial charge < -0.3 is 11.1 Å². The summed E-state index contributed by atoms with van der Waals surface area (Å²) in [5.74, 6) is -2.51. The van der Waals surface area contributed by atoms with Gasteiger partial charge in [-0.2, -0.15) is 8.42 Å². The average Bonchev–Trinajstić information content (AvgIpc) is 2.82. The van der Waals surface area contributed by atoms with E-state index in [1.165, 1.54) is 25.3 Å². The first kappa shape index (κ1) is 22.0. The molecule has 153 valence electrons. The van der Waals surface area contributed by atoms with Crippen molar-refractivity contribution in [2.75, 3.05) is 6.54 Å². The summed E-state index contributed by atoms with van der Waals surface area (Å²) in [6, 6.07) is 3.18. The molecule has 0 spiro atoms. The minimum absolute atomic E-state index is 0.0160. The highest BCUT2D eigenvalue weighted by Gasteiger charge is 2.40. The number of nitrogens with one attached hydrogen (secondary N) is 1. The zero-order valence-electron chi connectivity index (χ0n) is 15.9. The molecule has 1 aromatic heterocycles. The summed E-state index contributed by atoms with van der Waals surface area (Å²) in [6.07, 6.45) is 3.08. The molecule has 0 unspecified atom stereocenters. The molecule has 0 saturated carbocycles. The third-order valence-corrected chi connectivity index (χ3v) is 6.38. The van der Waals surface area contributed by atoms with E-state index in [1.807, 2.05) is 6.92 Å². The van der Waals surface area contributed by atoms with Crippen molar-refractivity contribution in [2.45, 2.75) is 50.2 Å². The van der Waals surface area contributed by atoms with Gasteiger partial charge in [0.15, 0.2) is 10.8 Å². The normalized spacial score (nSPS) is 21.6. The van der Waals surface area contributed by atoms with Crippen molar-refractivity contribution >= 4 is 27.6 Å². The van der Waals surface area contributed by atoms with Gasteiger partial charge in [0.2, 0.25) is 11.8 Å². The second-order valence-corrected chi connectivity index (χ2v) is 8.65. The summed E-state index contributed by atoms with van der Waals surface area (Å²) in [4.78, 5) is 40.5. The highest BCUT2D eigenvalue weighted by atomic mass is 32.2. The van der Waals surface area contributed by atoms with Crippen LogP contribution in [0.2, 0.25) is 0 Å². The molecule has 3 atom stereocenters. The number of carbonyl (C=O) groups excluding carboxylic acids is 3. The number of sulfonamides is 1. The van der Waals surface area contributed by atoms with Gasteiger partial charge in [0.1, 0.15) is 6.04 Å². The lowest BCUT2D eigenvalue weighted by molar-refractivity contribution is -0.131. The number of pyridine rings is 1. The average molecular weight is 409 g/mol. The Kier molecular flexibility index (Phi) is 7.25. The number of carbonyl (C=O) groups is 3. The first-order valence-electron chi connectivity index (χ1n) is 9.02. The molecule has 1 radical (unpaired) electrons. The van der Waals surface area contributed by atoms with Gasteiger partial charge in [-0.3, -0.25) is 14.4 Å². The first-order valence-corrected chi connectivity index (χ1v) is 10.5. The largest absolute Gasteiger partial charge is 0.369 e. The van der Waals surface area contributed by atoms with Crippen LogP contribution in [-0.4, -0.2) is 53.9 Å². The maximum atomic E-state index is 13.1. The summed E-state index contributed by atoms with van der Waals surface area (Å²) in [5.41, 5.74) is 5.20. The van der Waals surface area contributed by atoms with Crippen LogP contribution in [-0.2, 0) is 24.4 Å². The van der Waals surface area contributed by atoms with Crippen molar-refractivity contribution in [3.63, 3.8) is 0 Å². The van der Waals surface area contributed by atoms with Gasteiger partial charge in [-0.15, -0.1) is 0 Å². The van der Waals surface area contributed by atoms with Gasteiger partial charge in [0, 0.05) is 18.2 Å². The Morgan fingerprint density at radius 2 is 2.11 bits per heavy atom. The van der Waals surface area contributed by atoms with E-state index in [2.05, 4.69) is 10.3 Å². The SMILES string of the molecule is C[C@@H]1CC[C@@H](N(C(=O)[CH]C[C@H](C)C(N)=O)S(=O)(=O)c2ccccn2)C(=O)CN1. The fourth-order valence-electron chi connectivity index (χ4n) is 2.84. The number of nitrogens with two attached hydrogens (primary N) is 1. The Bertz CT molecular complexity index is 828. The molecule has 1 aromatic rings. The van der Waals surface area contributed by atoms with Crippen LogP contribution in [0.25, 0.3) is 0 Å². The second-order valence-electron chi connectivity index (χ2n) is 6.89. The molecule has 1 saturated heterocycles. The Labute approximate surface area is 164 Å². The summed E-state index contributed by atoms with van der Waals surface area (Å²) < 4.78 is 26.9. The van der Waals surface area contributed by atoms with Crippen molar-refractivity contribution in [2.24, 2.45) is 11.7 Å². The van der Waals surface area contributed by atoms with Crippen molar-refractivity contribution in [3.05, 3.63) is 30.8 Å². The number of nitrogens with zero attached hydrogens (tertiary/aromatic N) is 2. The molecular weight excluding hydrogens is 384 g/mol. The molecule has 9 nitrogen and oxygen atoms in total. The minimum atomic E-state index is -4.36. The molecular formula is C18H25N4O5S. The van der Waals surface area contributed by atoms with Crippen LogP contribution in [0.4, 0.5) is 0 Å². The smallest absolute Gasteiger partial charge is 0.284 e. The number of aromatic nitrogens is 1. The number of hydrogen-bond donors (Lipinski definition) is 2. The topological polar surface area (TPSA) is 140 Å². The van der Waals surface area contributed by atoms with E-state index in [0.29, 0.717) is 10.7 Å². The number of hydrogen-bond acceptors (Lipinski definition) is 7. The Balaban J connectivity index is 2.39. The third-order valence-electron chi connectivity index (χ3n) is 4.66. The molecule has 2 amide bonds. The number of rotatable bonds is 7. The molecule has 1 aliphatic rings. The Morgan fingerprint density at radius 3 is 2.71 bits per heavy atom. The third kappa shape index (κ3) is 5.14. The standard InChI is InChI=1S/C18H25N4O5S/c1-12(18(19)25)6-9-17(24)22(14-8-7-13(2)21-11-15(14)23)28(26,27)16-5-3-4-10-20-16/h3-5,9-10,12-14,21H,6-8,11H2,1-2H3,(H2,19,25)/t12-,13+,14+/m0/s1. The predicted molar refractivity (Wildman–Crippen MR) is 101 cm³/mol. The van der Waals surface area contributed by atoms with Gasteiger partial charge in [-0.05, 0) is 38.3 Å². The van der Waals surface area contributed by atoms with E-state index in [-0.39, 0.29) is 30.5 Å². The van der Waals surface area contributed by atoms with Gasteiger partial charge in [-0.25, -0.2) is 9.29 Å². The van der Waals surface area contributed by atoms with Crippen LogP contribution >= 0.6 is 0 Å². The van der Waals surface area contributed by atoms with Gasteiger partial charge >= 0.3 is 0 Å². The number of Topliss-reactive ketones (excluding diaryl/α,β-unsaturated/α-hetero) is 1. The van der Waals surface area contributed by atoms with E-state index in [9.17, 15) is 22.8 Å². The molecule has 0 aliphatic carbocycles. The zero-order valence-corrected chi connectivity index (χ0v) is 16.7. The number of ketones is 1. The van der Waals surface area contributed by atoms with Crippen LogP contribution in [0.3, 0.4) is 0 Å². The molecule has 3 N–H and O–H groups in total. The summed E-state index contributed by atoms with van der Waals surface area (Å²) in [6.45, 7) is 3.38. The van der Waals surface area contributed by atoms with Gasteiger partial charge in [0.25, 0.3) is 10.0 Å². The maximum Gasteiger partial charge on any atom is 0.284 e. The summed E-state index contributed by atoms with van der Waals surface area (Å²) in [5, 5.41) is 2.68. The molecule has 1 fully saturated rings. The van der Waals surface area contributed by atoms with Crippen LogP contribution < -0.4 is 11.1 Å². The lowest BCUT2D eigenvalue weighted by Gasteiger charge is -2.29. The van der Waals surface area contributed by atoms with Crippen LogP contribution in [0, 0.1) is 12.3 Å². The minimum Gasteiger partial charge on any atom is -0.369 e. The lowest BCUT2D eigenvalue weighted by Crippen LogP contribution is -2.50. The molecule has 2 heterocycles. The first-order chi connectivity index (χ1) is 13.1. The molecule has 0 aromatic carbocycles. The lowest BCUT2D eigenvalue weighted by atomic mass is 10.0. The van der Waals surface area contributed by atoms with Gasteiger partial charge in [-0.1, -0.05) is 13.0 Å². The highest BCUT2D eigenvalue weighted by Crippen LogP contribution is 2.23. The monoisotopic (exact) mass is 409 g/mol. The predicted octanol–water partition coefficient (Wildman–Crippen LogP) is 0.0243. The number of amides is 2. The molecule has 2 rings (SSSR count). The van der Waals surface area contributed by atoms with Crippen molar-refractivity contribution in [1.29, 1.82) is 0 Å². The Hall–Kier alpha value is -2.33. The summed E-state index contributed by atoms with van der Waals surface area (Å²) in [7, 11) is -4.36. The van der Waals surface area contributed by atoms with Crippen molar-refractivity contribution < 1.29 is 22.8 Å². The van der Waals surface area contributed by atoms with E-state index in [4.69, 9.17) is 5.73 Å². The second kappa shape index (κ2) is 9.24. The van der Waals surface area contributed by atoms with Crippen LogP contribution in [0.15, 0.2) is 29.4 Å². The van der Waals surface area contributed by atoms with Crippen LogP contribution in [0.5, 0.6) is 0 Å². The molecule has 1 aliphatic heterocycles. The quantitative estimate of drug-likeness (QED) is 0.647. The van der Waals surface area contributed by atoms with Crippen LogP contribution in [0.1, 0.15) is 33.1 Å². The molecule has 28 heavy (non-hydrogen) atoms. The van der Waals surface area contributed by atoms with E-state index in [1.54, 1.807) is 6.07 Å². The van der Waals surface area contributed by atoms with Crippen molar-refractivity contribution in [3.8, 4) is 0 Å². The highest BCUT2D eigenvalue weighted by molar-refractivity contribution is 7.89. The van der Waals surface area contributed by atoms with Gasteiger partial charge in [0.05, 0.1) is 13.0 Å². The van der Waals surface area contributed by atoms with E-state index >= 15 is 0 Å². The summed E-state index contributed by atoms with van der Waals surface area (Å²) >= 11 is 0. The van der Waals surface area contributed by atoms with Crippen molar-refractivity contribution in [1.82, 2.24) is 14.6 Å². The fraction of sp³-hybridized carbons (Fsp3) is 0.500. The molecule has 0 bridgehead atoms. The maximum absolute atomic E-state index is 13.1.